The van der Waals surface area contributed by atoms with E-state index in [0.29, 0.717) is 0 Å². The van der Waals surface area contributed by atoms with Crippen LogP contribution in [0.3, 0.4) is 0 Å². The summed E-state index contributed by atoms with van der Waals surface area (Å²) in [6.45, 7) is 8.40. The third-order valence-electron chi connectivity index (χ3n) is 10.3. The molecule has 0 aliphatic carbocycles. The minimum atomic E-state index is 1.02. The Morgan fingerprint density at radius 1 is 0.453 bits per heavy atom. The van der Waals surface area contributed by atoms with Crippen molar-refractivity contribution in [3.8, 4) is 11.1 Å². The lowest BCUT2D eigenvalue weighted by atomic mass is 9.94. The molecule has 0 radical (unpaired) electrons. The number of fused-ring (bicyclic) bond motifs is 2. The molecule has 258 valence electrons. The molecule has 0 amide bonds. The maximum Gasteiger partial charge on any atom is 0.0540 e. The van der Waals surface area contributed by atoms with E-state index >= 15 is 0 Å². The van der Waals surface area contributed by atoms with Crippen LogP contribution in [0.5, 0.6) is 0 Å². The van der Waals surface area contributed by atoms with Gasteiger partial charge in [0.15, 0.2) is 0 Å². The van der Waals surface area contributed by atoms with Crippen LogP contribution in [0.15, 0.2) is 189 Å². The summed E-state index contributed by atoms with van der Waals surface area (Å²) in [7, 11) is 0. The summed E-state index contributed by atoms with van der Waals surface area (Å²) in [6, 6.07) is 64.0. The Balaban J connectivity index is 1.20. The number of aryl methyl sites for hydroxylation is 3. The quantitative estimate of drug-likeness (QED) is 0.0988. The van der Waals surface area contributed by atoms with Crippen LogP contribution in [0.4, 0.5) is 34.1 Å². The van der Waals surface area contributed by atoms with Crippen molar-refractivity contribution in [2.45, 2.75) is 33.1 Å². The number of unbranched alkanes of at least 4 members (excludes halogenated alkanes) is 1. The fourth-order valence-electron chi connectivity index (χ4n) is 7.72. The van der Waals surface area contributed by atoms with Crippen molar-refractivity contribution < 1.29 is 0 Å². The first-order chi connectivity index (χ1) is 26.1. The molecule has 0 aromatic heterocycles. The van der Waals surface area contributed by atoms with E-state index in [0.717, 1.165) is 36.3 Å². The van der Waals surface area contributed by atoms with Crippen molar-refractivity contribution in [1.29, 1.82) is 0 Å². The van der Waals surface area contributed by atoms with Crippen molar-refractivity contribution in [3.05, 3.63) is 205 Å². The van der Waals surface area contributed by atoms with Gasteiger partial charge in [-0.05, 0) is 132 Å². The van der Waals surface area contributed by atoms with Gasteiger partial charge in [0, 0.05) is 33.5 Å². The number of hydrogen-bond donors (Lipinski definition) is 0. The van der Waals surface area contributed by atoms with Crippen LogP contribution in [-0.2, 0) is 6.42 Å². The van der Waals surface area contributed by atoms with Crippen LogP contribution in [0, 0.1) is 13.8 Å². The molecule has 0 aliphatic rings. The van der Waals surface area contributed by atoms with Crippen LogP contribution in [0.2, 0.25) is 0 Å². The number of anilines is 6. The largest absolute Gasteiger partial charge is 0.310 e. The monoisotopic (exact) mass is 684 g/mol. The highest BCUT2D eigenvalue weighted by Crippen LogP contribution is 2.43. The van der Waals surface area contributed by atoms with Gasteiger partial charge >= 0.3 is 0 Å². The third kappa shape index (κ3) is 6.84. The van der Waals surface area contributed by atoms with Gasteiger partial charge in [0.25, 0.3) is 0 Å². The number of nitrogens with zero attached hydrogens (tertiary/aromatic N) is 2. The Kier molecular flexibility index (Phi) is 9.60. The fourth-order valence-corrected chi connectivity index (χ4v) is 7.72. The van der Waals surface area contributed by atoms with Crippen LogP contribution in [0.25, 0.3) is 32.7 Å². The standard InChI is InChI=1S/C51H44N2/c1-4-5-7-17-39-18-14-25-43(36-39)53(51-29-16-22-41-20-11-13-27-49(41)51)45-31-33-47(38(3)35-45)46-32-30-44(34-37(46)2)52(42-23-8-6-9-24-42)50-28-15-21-40-19-10-12-26-48(40)50/h4,6,8-16,18-36H,1,5,7,17H2,2-3H3. The molecule has 0 spiro atoms. The molecule has 0 aliphatic heterocycles. The topological polar surface area (TPSA) is 6.48 Å². The molecule has 0 unspecified atom stereocenters. The summed E-state index contributed by atoms with van der Waals surface area (Å²) in [6.07, 6.45) is 5.15. The molecule has 0 atom stereocenters. The van der Waals surface area contributed by atoms with Crippen LogP contribution >= 0.6 is 0 Å². The maximum absolute atomic E-state index is 3.92. The van der Waals surface area contributed by atoms with Gasteiger partial charge < -0.3 is 9.80 Å². The smallest absolute Gasteiger partial charge is 0.0540 e. The molecule has 0 saturated carbocycles. The van der Waals surface area contributed by atoms with Crippen molar-refractivity contribution in [3.63, 3.8) is 0 Å². The van der Waals surface area contributed by atoms with Gasteiger partial charge in [0.05, 0.1) is 11.4 Å². The van der Waals surface area contributed by atoms with Crippen LogP contribution < -0.4 is 9.80 Å². The first kappa shape index (κ1) is 33.7. The van der Waals surface area contributed by atoms with E-state index in [4.69, 9.17) is 0 Å². The third-order valence-corrected chi connectivity index (χ3v) is 10.3. The predicted octanol–water partition coefficient (Wildman–Crippen LogP) is 14.7. The van der Waals surface area contributed by atoms with Gasteiger partial charge in [-0.2, -0.15) is 0 Å². The molecule has 0 saturated heterocycles. The van der Waals surface area contributed by atoms with Crippen molar-refractivity contribution in [2.24, 2.45) is 0 Å². The van der Waals surface area contributed by atoms with Crippen molar-refractivity contribution >= 4 is 55.7 Å². The highest BCUT2D eigenvalue weighted by Gasteiger charge is 2.19. The first-order valence-corrected chi connectivity index (χ1v) is 18.6. The molecular formula is C51H44N2. The van der Waals surface area contributed by atoms with Crippen molar-refractivity contribution in [2.75, 3.05) is 9.80 Å². The number of para-hydroxylation sites is 1. The van der Waals surface area contributed by atoms with Gasteiger partial charge in [-0.3, -0.25) is 0 Å². The molecule has 0 N–H and O–H groups in total. The Morgan fingerprint density at radius 3 is 1.49 bits per heavy atom. The van der Waals surface area contributed by atoms with Crippen LogP contribution in [0.1, 0.15) is 29.5 Å². The lowest BCUT2D eigenvalue weighted by Gasteiger charge is -2.29. The second kappa shape index (κ2) is 15.1. The Morgan fingerprint density at radius 2 is 0.925 bits per heavy atom. The zero-order chi connectivity index (χ0) is 36.1. The normalized spacial score (nSPS) is 11.1. The minimum absolute atomic E-state index is 1.02. The van der Waals surface area contributed by atoms with E-state index in [2.05, 4.69) is 206 Å². The zero-order valence-corrected chi connectivity index (χ0v) is 30.5. The molecular weight excluding hydrogens is 641 g/mol. The maximum atomic E-state index is 3.92. The van der Waals surface area contributed by atoms with E-state index < -0.39 is 0 Å². The van der Waals surface area contributed by atoms with E-state index in [1.54, 1.807) is 0 Å². The highest BCUT2D eigenvalue weighted by molar-refractivity contribution is 6.00. The molecule has 8 rings (SSSR count). The molecule has 8 aromatic rings. The summed E-state index contributed by atoms with van der Waals surface area (Å²) in [5.41, 5.74) is 13.2. The Bertz CT molecular complexity index is 2540. The average Bonchev–Trinajstić information content (AvgIpc) is 3.19. The van der Waals surface area contributed by atoms with Gasteiger partial charge in [-0.1, -0.05) is 121 Å². The van der Waals surface area contributed by atoms with E-state index in [9.17, 15) is 0 Å². The van der Waals surface area contributed by atoms with Crippen LogP contribution in [-0.4, -0.2) is 0 Å². The second-order valence-corrected chi connectivity index (χ2v) is 13.9. The molecule has 0 fully saturated rings. The summed E-state index contributed by atoms with van der Waals surface area (Å²) in [5.74, 6) is 0. The van der Waals surface area contributed by atoms with Gasteiger partial charge in [0.2, 0.25) is 0 Å². The van der Waals surface area contributed by atoms with Gasteiger partial charge in [-0.25, -0.2) is 0 Å². The molecule has 2 nitrogen and oxygen atoms in total. The second-order valence-electron chi connectivity index (χ2n) is 13.9. The molecule has 0 bridgehead atoms. The minimum Gasteiger partial charge on any atom is -0.310 e. The van der Waals surface area contributed by atoms with E-state index in [-0.39, 0.29) is 0 Å². The summed E-state index contributed by atoms with van der Waals surface area (Å²) < 4.78 is 0. The van der Waals surface area contributed by atoms with Gasteiger partial charge in [-0.15, -0.1) is 6.58 Å². The number of allylic oxidation sites excluding steroid dienone is 1. The summed E-state index contributed by atoms with van der Waals surface area (Å²) in [4.78, 5) is 4.80. The molecule has 53 heavy (non-hydrogen) atoms. The molecule has 2 heteroatoms. The van der Waals surface area contributed by atoms with Crippen molar-refractivity contribution in [1.82, 2.24) is 0 Å². The molecule has 8 aromatic carbocycles. The zero-order valence-electron chi connectivity index (χ0n) is 30.5. The molecule has 0 heterocycles. The SMILES string of the molecule is C=CCCCc1cccc(N(c2ccc(-c3ccc(N(c4ccccc4)c4cccc5ccccc45)cc3C)c(C)c2)c2cccc3ccccc23)c1. The summed E-state index contributed by atoms with van der Waals surface area (Å²) in [5, 5.41) is 4.92. The van der Waals surface area contributed by atoms with E-state index in [1.807, 2.05) is 6.08 Å². The Labute approximate surface area is 313 Å². The number of hydrogen-bond acceptors (Lipinski definition) is 2. The van der Waals surface area contributed by atoms with Gasteiger partial charge in [0.1, 0.15) is 0 Å². The Hall–Kier alpha value is -6.38. The average molecular weight is 685 g/mol. The summed E-state index contributed by atoms with van der Waals surface area (Å²) >= 11 is 0. The first-order valence-electron chi connectivity index (χ1n) is 18.6. The number of rotatable bonds is 11. The fraction of sp³-hybridized carbons (Fsp3) is 0.0980. The number of benzene rings is 8. The lowest BCUT2D eigenvalue weighted by molar-refractivity contribution is 0.844. The van der Waals surface area contributed by atoms with E-state index in [1.165, 1.54) is 66.4 Å². The predicted molar refractivity (Wildman–Crippen MR) is 229 cm³/mol. The highest BCUT2D eigenvalue weighted by atomic mass is 15.1. The lowest BCUT2D eigenvalue weighted by Crippen LogP contribution is -2.11.